The Labute approximate surface area is 168 Å². The minimum Gasteiger partial charge on any atom is -0.271 e. The molecule has 0 aliphatic heterocycles. The van der Waals surface area contributed by atoms with Crippen LogP contribution in [0.5, 0.6) is 0 Å². The first-order valence-electron chi connectivity index (χ1n) is 8.48. The van der Waals surface area contributed by atoms with Crippen molar-refractivity contribution < 1.29 is 13.2 Å². The number of para-hydroxylation sites is 1. The van der Waals surface area contributed by atoms with E-state index in [4.69, 9.17) is 0 Å². The number of hydrogen-bond acceptors (Lipinski definition) is 5. The van der Waals surface area contributed by atoms with Gasteiger partial charge >= 0.3 is 0 Å². The van der Waals surface area contributed by atoms with E-state index in [2.05, 4.69) is 10.5 Å². The molecule has 0 saturated carbocycles. The summed E-state index contributed by atoms with van der Waals surface area (Å²) in [5, 5.41) is 5.99. The molecule has 0 radical (unpaired) electrons. The van der Waals surface area contributed by atoms with Crippen LogP contribution in [-0.4, -0.2) is 26.6 Å². The minimum absolute atomic E-state index is 0.116. The van der Waals surface area contributed by atoms with Gasteiger partial charge in [0, 0.05) is 4.88 Å². The van der Waals surface area contributed by atoms with Gasteiger partial charge in [-0.2, -0.15) is 5.10 Å². The number of anilines is 1. The van der Waals surface area contributed by atoms with E-state index in [9.17, 15) is 13.2 Å². The van der Waals surface area contributed by atoms with Gasteiger partial charge in [0.1, 0.15) is 6.54 Å². The quantitative estimate of drug-likeness (QED) is 0.476. The monoisotopic (exact) mass is 413 g/mol. The molecule has 0 bridgehead atoms. The second-order valence-electron chi connectivity index (χ2n) is 5.87. The fraction of sp³-hybridized carbons (Fsp3) is 0.100. The fourth-order valence-corrected chi connectivity index (χ4v) is 4.60. The number of amides is 1. The number of sulfonamides is 1. The van der Waals surface area contributed by atoms with Crippen molar-refractivity contribution in [2.24, 2.45) is 5.10 Å². The number of thiophene rings is 1. The van der Waals surface area contributed by atoms with Crippen LogP contribution in [0.3, 0.4) is 0 Å². The number of nitrogens with one attached hydrogen (secondary N) is 1. The molecule has 2 aromatic carbocycles. The van der Waals surface area contributed by atoms with Gasteiger partial charge in [0.2, 0.25) is 0 Å². The molecule has 28 heavy (non-hydrogen) atoms. The molecule has 0 aliphatic rings. The predicted octanol–water partition coefficient (Wildman–Crippen LogP) is 3.48. The summed E-state index contributed by atoms with van der Waals surface area (Å²) < 4.78 is 27.3. The standard InChI is InChI=1S/C20H19N3O3S2/c1-16(19-13-8-14-27-19)21-22-20(24)15-23(17-9-4-2-5-10-17)28(25,26)18-11-6-3-7-12-18/h2-14H,15H2,1H3,(H,22,24)/b21-16-. The van der Waals surface area contributed by atoms with Crippen LogP contribution in [0.25, 0.3) is 0 Å². The number of carbonyl (C=O) groups excluding carboxylic acids is 1. The number of hydrazone groups is 1. The van der Waals surface area contributed by atoms with E-state index in [1.165, 1.54) is 23.5 Å². The van der Waals surface area contributed by atoms with Crippen molar-refractivity contribution in [1.82, 2.24) is 5.43 Å². The van der Waals surface area contributed by atoms with Gasteiger partial charge < -0.3 is 0 Å². The molecule has 0 atom stereocenters. The third-order valence-electron chi connectivity index (χ3n) is 3.89. The Morgan fingerprint density at radius 1 is 1.00 bits per heavy atom. The maximum absolute atomic E-state index is 13.1. The molecule has 8 heteroatoms. The molecule has 1 N–H and O–H groups in total. The average molecular weight is 414 g/mol. The van der Waals surface area contributed by atoms with E-state index in [1.54, 1.807) is 55.5 Å². The van der Waals surface area contributed by atoms with Crippen LogP contribution in [0.4, 0.5) is 5.69 Å². The van der Waals surface area contributed by atoms with Crippen LogP contribution in [0.1, 0.15) is 11.8 Å². The first kappa shape index (κ1) is 19.8. The Bertz CT molecular complexity index is 1050. The smallest absolute Gasteiger partial charge is 0.264 e. The molecule has 0 fully saturated rings. The molecule has 0 aliphatic carbocycles. The van der Waals surface area contributed by atoms with Crippen LogP contribution in [0.15, 0.2) is 88.2 Å². The zero-order chi connectivity index (χ0) is 20.0. The molecule has 1 aromatic heterocycles. The largest absolute Gasteiger partial charge is 0.271 e. The van der Waals surface area contributed by atoms with Crippen molar-refractivity contribution >= 4 is 38.7 Å². The Kier molecular flexibility index (Phi) is 6.23. The van der Waals surface area contributed by atoms with Crippen molar-refractivity contribution in [1.29, 1.82) is 0 Å². The van der Waals surface area contributed by atoms with Gasteiger partial charge in [-0.3, -0.25) is 9.10 Å². The first-order valence-corrected chi connectivity index (χ1v) is 10.8. The summed E-state index contributed by atoms with van der Waals surface area (Å²) in [6.07, 6.45) is 0. The van der Waals surface area contributed by atoms with Crippen LogP contribution in [0, 0.1) is 0 Å². The molecular formula is C20H19N3O3S2. The normalized spacial score (nSPS) is 11.8. The van der Waals surface area contributed by atoms with Gasteiger partial charge in [0.05, 0.1) is 16.3 Å². The molecule has 144 valence electrons. The van der Waals surface area contributed by atoms with E-state index < -0.39 is 15.9 Å². The number of hydrogen-bond donors (Lipinski definition) is 1. The zero-order valence-electron chi connectivity index (χ0n) is 15.1. The van der Waals surface area contributed by atoms with Gasteiger partial charge in [-0.1, -0.05) is 42.5 Å². The van der Waals surface area contributed by atoms with Gasteiger partial charge in [-0.15, -0.1) is 11.3 Å². The van der Waals surface area contributed by atoms with E-state index in [0.29, 0.717) is 11.4 Å². The van der Waals surface area contributed by atoms with Crippen molar-refractivity contribution in [3.8, 4) is 0 Å². The Hall–Kier alpha value is -2.97. The van der Waals surface area contributed by atoms with Crippen molar-refractivity contribution in [3.05, 3.63) is 83.1 Å². The molecule has 1 heterocycles. The summed E-state index contributed by atoms with van der Waals surface area (Å²) in [6, 6.07) is 20.3. The first-order chi connectivity index (χ1) is 13.5. The molecule has 1 amide bonds. The lowest BCUT2D eigenvalue weighted by atomic mass is 10.3. The van der Waals surface area contributed by atoms with E-state index in [1.807, 2.05) is 17.5 Å². The fourth-order valence-electron chi connectivity index (χ4n) is 2.48. The molecule has 3 rings (SSSR count). The maximum Gasteiger partial charge on any atom is 0.264 e. The maximum atomic E-state index is 13.1. The lowest BCUT2D eigenvalue weighted by molar-refractivity contribution is -0.119. The second-order valence-corrected chi connectivity index (χ2v) is 8.68. The highest BCUT2D eigenvalue weighted by Gasteiger charge is 2.26. The van der Waals surface area contributed by atoms with Crippen LogP contribution >= 0.6 is 11.3 Å². The highest BCUT2D eigenvalue weighted by Crippen LogP contribution is 2.23. The van der Waals surface area contributed by atoms with Crippen molar-refractivity contribution in [3.63, 3.8) is 0 Å². The third kappa shape index (κ3) is 4.65. The van der Waals surface area contributed by atoms with Crippen molar-refractivity contribution in [2.45, 2.75) is 11.8 Å². The SMILES string of the molecule is C/C(=N/NC(=O)CN(c1ccccc1)S(=O)(=O)c1ccccc1)c1cccs1. The Balaban J connectivity index is 1.84. The lowest BCUT2D eigenvalue weighted by Crippen LogP contribution is -2.39. The summed E-state index contributed by atoms with van der Waals surface area (Å²) in [4.78, 5) is 13.5. The second kappa shape index (κ2) is 8.81. The van der Waals surface area contributed by atoms with E-state index >= 15 is 0 Å². The highest BCUT2D eigenvalue weighted by molar-refractivity contribution is 7.92. The van der Waals surface area contributed by atoms with Gasteiger partial charge in [-0.05, 0) is 42.6 Å². The molecular weight excluding hydrogens is 394 g/mol. The topological polar surface area (TPSA) is 78.8 Å². The number of carbonyl (C=O) groups is 1. The number of benzene rings is 2. The summed E-state index contributed by atoms with van der Waals surface area (Å²) in [7, 11) is -3.90. The van der Waals surface area contributed by atoms with Gasteiger partial charge in [0.15, 0.2) is 0 Å². The number of rotatable bonds is 7. The van der Waals surface area contributed by atoms with Crippen molar-refractivity contribution in [2.75, 3.05) is 10.8 Å². The molecule has 0 spiro atoms. The summed E-state index contributed by atoms with van der Waals surface area (Å²) in [6.45, 7) is 1.39. The summed E-state index contributed by atoms with van der Waals surface area (Å²) >= 11 is 1.51. The lowest BCUT2D eigenvalue weighted by Gasteiger charge is -2.23. The predicted molar refractivity (Wildman–Crippen MR) is 112 cm³/mol. The van der Waals surface area contributed by atoms with Crippen LogP contribution in [0.2, 0.25) is 0 Å². The zero-order valence-corrected chi connectivity index (χ0v) is 16.8. The van der Waals surface area contributed by atoms with Crippen LogP contribution in [-0.2, 0) is 14.8 Å². The Morgan fingerprint density at radius 2 is 1.64 bits per heavy atom. The minimum atomic E-state index is -3.90. The van der Waals surface area contributed by atoms with Gasteiger partial charge in [0.25, 0.3) is 15.9 Å². The molecule has 3 aromatic rings. The van der Waals surface area contributed by atoms with E-state index in [-0.39, 0.29) is 11.4 Å². The van der Waals surface area contributed by atoms with Crippen LogP contribution < -0.4 is 9.73 Å². The molecule has 0 unspecified atom stereocenters. The van der Waals surface area contributed by atoms with Gasteiger partial charge in [-0.25, -0.2) is 13.8 Å². The third-order valence-corrected chi connectivity index (χ3v) is 6.66. The number of nitrogens with zero attached hydrogens (tertiary/aromatic N) is 2. The summed E-state index contributed by atoms with van der Waals surface area (Å²) in [5.41, 5.74) is 3.50. The van der Waals surface area contributed by atoms with E-state index in [0.717, 1.165) is 9.18 Å². The Morgan fingerprint density at radius 3 is 2.25 bits per heavy atom. The highest BCUT2D eigenvalue weighted by atomic mass is 32.2. The average Bonchev–Trinajstić information content (AvgIpc) is 3.26. The summed E-state index contributed by atoms with van der Waals surface area (Å²) in [5.74, 6) is -0.528. The molecule has 6 nitrogen and oxygen atoms in total. The molecule has 0 saturated heterocycles.